The first-order valence-electron chi connectivity index (χ1n) is 5.62. The minimum atomic E-state index is -4.78. The molecule has 0 aromatic heterocycles. The third-order valence-corrected chi connectivity index (χ3v) is 2.43. The van der Waals surface area contributed by atoms with Crippen LogP contribution in [0.5, 0.6) is 5.75 Å². The monoisotopic (exact) mass is 292 g/mol. The van der Waals surface area contributed by atoms with Gasteiger partial charge in [0.05, 0.1) is 6.61 Å². The highest BCUT2D eigenvalue weighted by atomic mass is 19.4. The van der Waals surface area contributed by atoms with Crippen molar-refractivity contribution in [1.82, 2.24) is 0 Å². The summed E-state index contributed by atoms with van der Waals surface area (Å²) in [6, 6.07) is 4.18. The molecule has 8 heteroatoms. The van der Waals surface area contributed by atoms with Crippen molar-refractivity contribution >= 4 is 11.6 Å². The van der Waals surface area contributed by atoms with Crippen LogP contribution in [0.2, 0.25) is 0 Å². The lowest BCUT2D eigenvalue weighted by Gasteiger charge is -2.21. The van der Waals surface area contributed by atoms with Crippen molar-refractivity contribution in [1.29, 1.82) is 0 Å². The van der Waals surface area contributed by atoms with E-state index >= 15 is 0 Å². The molecule has 0 aliphatic rings. The van der Waals surface area contributed by atoms with Gasteiger partial charge in [0.2, 0.25) is 5.91 Å². The Morgan fingerprint density at radius 3 is 2.65 bits per heavy atom. The lowest BCUT2D eigenvalue weighted by atomic mass is 10.2. The van der Waals surface area contributed by atoms with E-state index in [9.17, 15) is 18.0 Å². The molecule has 20 heavy (non-hydrogen) atoms. The van der Waals surface area contributed by atoms with Crippen LogP contribution in [-0.2, 0) is 9.53 Å². The molecular formula is C12H15F3N2O3. The Morgan fingerprint density at radius 2 is 2.10 bits per heavy atom. The van der Waals surface area contributed by atoms with Gasteiger partial charge in [-0.05, 0) is 12.1 Å². The Labute approximate surface area is 114 Å². The quantitative estimate of drug-likeness (QED) is 0.893. The van der Waals surface area contributed by atoms with Gasteiger partial charge in [0, 0.05) is 25.9 Å². The minimum absolute atomic E-state index is 0.0158. The summed E-state index contributed by atoms with van der Waals surface area (Å²) in [7, 11) is 2.80. The zero-order valence-electron chi connectivity index (χ0n) is 11.0. The highest BCUT2D eigenvalue weighted by molar-refractivity contribution is 5.96. The topological polar surface area (TPSA) is 64.8 Å². The van der Waals surface area contributed by atoms with Gasteiger partial charge in [0.25, 0.3) is 0 Å². The minimum Gasteiger partial charge on any atom is -0.406 e. The van der Waals surface area contributed by atoms with Crippen LogP contribution in [0.15, 0.2) is 24.3 Å². The molecule has 2 N–H and O–H groups in total. The number of benzene rings is 1. The molecule has 0 saturated heterocycles. The van der Waals surface area contributed by atoms with Gasteiger partial charge in [-0.3, -0.25) is 4.79 Å². The lowest BCUT2D eigenvalue weighted by Crippen LogP contribution is -2.44. The maximum absolute atomic E-state index is 12.1. The molecule has 0 spiro atoms. The second-order valence-corrected chi connectivity index (χ2v) is 4.00. The van der Waals surface area contributed by atoms with Crippen LogP contribution in [-0.4, -0.2) is 39.1 Å². The van der Waals surface area contributed by atoms with Crippen LogP contribution in [0.1, 0.15) is 0 Å². The van der Waals surface area contributed by atoms with Crippen molar-refractivity contribution in [3.8, 4) is 5.75 Å². The summed E-state index contributed by atoms with van der Waals surface area (Å²) in [6.07, 6.45) is -4.78. The standard InChI is InChI=1S/C12H15F3N2O3/c1-17(11(18)10(16)7-19-2)8-4-3-5-9(6-8)20-12(13,14)15/h3-6,10H,7,16H2,1-2H3. The van der Waals surface area contributed by atoms with E-state index in [0.717, 1.165) is 17.0 Å². The van der Waals surface area contributed by atoms with Gasteiger partial charge in [0.15, 0.2) is 0 Å². The third-order valence-electron chi connectivity index (χ3n) is 2.43. The summed E-state index contributed by atoms with van der Waals surface area (Å²) in [5.74, 6) is -0.883. The molecular weight excluding hydrogens is 277 g/mol. The fraction of sp³-hybridized carbons (Fsp3) is 0.417. The smallest absolute Gasteiger partial charge is 0.406 e. The zero-order chi connectivity index (χ0) is 15.3. The number of amides is 1. The van der Waals surface area contributed by atoms with Crippen LogP contribution in [0, 0.1) is 0 Å². The number of carbonyl (C=O) groups excluding carboxylic acids is 1. The number of nitrogens with zero attached hydrogens (tertiary/aromatic N) is 1. The number of methoxy groups -OCH3 is 1. The molecule has 1 unspecified atom stereocenters. The van der Waals surface area contributed by atoms with Crippen LogP contribution in [0.4, 0.5) is 18.9 Å². The second kappa shape index (κ2) is 6.58. The molecule has 0 aliphatic heterocycles. The van der Waals surface area contributed by atoms with Crippen LogP contribution < -0.4 is 15.4 Å². The number of carbonyl (C=O) groups is 1. The molecule has 0 aliphatic carbocycles. The molecule has 1 aromatic carbocycles. The number of nitrogens with two attached hydrogens (primary N) is 1. The fourth-order valence-electron chi connectivity index (χ4n) is 1.52. The number of ether oxygens (including phenoxy) is 2. The Morgan fingerprint density at radius 1 is 1.45 bits per heavy atom. The summed E-state index contributed by atoms with van der Waals surface area (Å²) in [4.78, 5) is 13.0. The Hall–Kier alpha value is -1.80. The van der Waals surface area contributed by atoms with Gasteiger partial charge in [-0.15, -0.1) is 13.2 Å². The van der Waals surface area contributed by atoms with E-state index in [1.165, 1.54) is 26.3 Å². The molecule has 0 saturated carbocycles. The van der Waals surface area contributed by atoms with Crippen molar-refractivity contribution in [2.45, 2.75) is 12.4 Å². The molecule has 1 atom stereocenters. The Balaban J connectivity index is 2.86. The maximum Gasteiger partial charge on any atom is 0.573 e. The molecule has 0 fully saturated rings. The van der Waals surface area contributed by atoms with Crippen molar-refractivity contribution in [3.63, 3.8) is 0 Å². The second-order valence-electron chi connectivity index (χ2n) is 4.00. The fourth-order valence-corrected chi connectivity index (χ4v) is 1.52. The van der Waals surface area contributed by atoms with Crippen molar-refractivity contribution in [3.05, 3.63) is 24.3 Å². The van der Waals surface area contributed by atoms with E-state index in [0.29, 0.717) is 0 Å². The number of hydrogen-bond donors (Lipinski definition) is 1. The number of halogens is 3. The average Bonchev–Trinajstić information content (AvgIpc) is 2.35. The Kier molecular flexibility index (Phi) is 5.34. The van der Waals surface area contributed by atoms with E-state index in [1.807, 2.05) is 0 Å². The van der Waals surface area contributed by atoms with E-state index in [1.54, 1.807) is 0 Å². The first-order chi connectivity index (χ1) is 9.24. The maximum atomic E-state index is 12.1. The number of hydrogen-bond acceptors (Lipinski definition) is 4. The number of alkyl halides is 3. The average molecular weight is 292 g/mol. The van der Waals surface area contributed by atoms with Gasteiger partial charge < -0.3 is 20.1 Å². The predicted molar refractivity (Wildman–Crippen MR) is 66.4 cm³/mol. The summed E-state index contributed by atoms with van der Waals surface area (Å²) in [5.41, 5.74) is 5.82. The number of rotatable bonds is 5. The van der Waals surface area contributed by atoms with Crippen molar-refractivity contribution in [2.24, 2.45) is 5.73 Å². The summed E-state index contributed by atoms with van der Waals surface area (Å²) < 4.78 is 44.9. The van der Waals surface area contributed by atoms with Gasteiger partial charge in [-0.25, -0.2) is 0 Å². The predicted octanol–water partition coefficient (Wildman–Crippen LogP) is 1.52. The largest absolute Gasteiger partial charge is 0.573 e. The van der Waals surface area contributed by atoms with Gasteiger partial charge >= 0.3 is 6.36 Å². The van der Waals surface area contributed by atoms with Crippen molar-refractivity contribution in [2.75, 3.05) is 25.7 Å². The highest BCUT2D eigenvalue weighted by Gasteiger charge is 2.31. The first kappa shape index (κ1) is 16.3. The summed E-state index contributed by atoms with van der Waals surface area (Å²) >= 11 is 0. The molecule has 1 rings (SSSR count). The molecule has 0 radical (unpaired) electrons. The van der Waals surface area contributed by atoms with Crippen LogP contribution >= 0.6 is 0 Å². The Bertz CT molecular complexity index is 466. The highest BCUT2D eigenvalue weighted by Crippen LogP contribution is 2.26. The summed E-state index contributed by atoms with van der Waals surface area (Å²) in [5, 5.41) is 0. The van der Waals surface area contributed by atoms with E-state index in [4.69, 9.17) is 10.5 Å². The molecule has 0 heterocycles. The number of likely N-dealkylation sites (N-methyl/N-ethyl adjacent to an activating group) is 1. The van der Waals surface area contributed by atoms with Crippen molar-refractivity contribution < 1.29 is 27.4 Å². The molecule has 1 amide bonds. The van der Waals surface area contributed by atoms with Gasteiger partial charge in [-0.1, -0.05) is 6.07 Å². The molecule has 112 valence electrons. The molecule has 0 bridgehead atoms. The lowest BCUT2D eigenvalue weighted by molar-refractivity contribution is -0.274. The van der Waals surface area contributed by atoms with Gasteiger partial charge in [-0.2, -0.15) is 0 Å². The van der Waals surface area contributed by atoms with E-state index in [2.05, 4.69) is 4.74 Å². The van der Waals surface area contributed by atoms with E-state index < -0.39 is 24.1 Å². The number of anilines is 1. The van der Waals surface area contributed by atoms with E-state index in [-0.39, 0.29) is 12.3 Å². The normalized spacial score (nSPS) is 12.9. The first-order valence-corrected chi connectivity index (χ1v) is 5.62. The SMILES string of the molecule is COCC(N)C(=O)N(C)c1cccc(OC(F)(F)F)c1. The third kappa shape index (κ3) is 4.71. The van der Waals surface area contributed by atoms with Crippen LogP contribution in [0.25, 0.3) is 0 Å². The zero-order valence-corrected chi connectivity index (χ0v) is 11.0. The van der Waals surface area contributed by atoms with Gasteiger partial charge in [0.1, 0.15) is 11.8 Å². The molecule has 5 nitrogen and oxygen atoms in total. The molecule has 1 aromatic rings. The van der Waals surface area contributed by atoms with Crippen LogP contribution in [0.3, 0.4) is 0 Å². The summed E-state index contributed by atoms with van der Waals surface area (Å²) in [6.45, 7) is 0.0158.